The largest absolute Gasteiger partial charge is 0.397 e. The summed E-state index contributed by atoms with van der Waals surface area (Å²) in [5, 5.41) is 2.93. The van der Waals surface area contributed by atoms with Crippen LogP contribution in [0.15, 0.2) is 54.7 Å². The lowest BCUT2D eigenvalue weighted by Crippen LogP contribution is -2.18. The highest BCUT2D eigenvalue weighted by Gasteiger charge is 2.15. The van der Waals surface area contributed by atoms with Crippen molar-refractivity contribution in [2.45, 2.75) is 6.92 Å². The average molecular weight is 298 g/mol. The van der Waals surface area contributed by atoms with E-state index in [1.165, 1.54) is 10.8 Å². The first kappa shape index (κ1) is 13.7. The predicted molar refractivity (Wildman–Crippen MR) is 90.3 cm³/mol. The number of fused-ring (bicyclic) bond motifs is 1. The summed E-state index contributed by atoms with van der Waals surface area (Å²) in [4.78, 5) is 6.50. The second kappa shape index (κ2) is 5.62. The van der Waals surface area contributed by atoms with Gasteiger partial charge in [-0.15, -0.1) is 0 Å². The van der Waals surface area contributed by atoms with Crippen molar-refractivity contribution < 1.29 is 0 Å². The number of nitrogens with zero attached hydrogens (tertiary/aromatic N) is 2. The minimum absolute atomic E-state index is 0.560. The van der Waals surface area contributed by atoms with Gasteiger partial charge in [0.15, 0.2) is 5.82 Å². The Bertz CT molecular complexity index is 781. The SMILES string of the molecule is CCN(c1ncc(N)cc1Cl)c1cccc2ccccc12. The van der Waals surface area contributed by atoms with Gasteiger partial charge in [0, 0.05) is 11.9 Å². The third-order valence-electron chi connectivity index (χ3n) is 3.47. The summed E-state index contributed by atoms with van der Waals surface area (Å²) in [5.74, 6) is 0.727. The van der Waals surface area contributed by atoms with E-state index in [9.17, 15) is 0 Å². The third-order valence-corrected chi connectivity index (χ3v) is 3.75. The van der Waals surface area contributed by atoms with E-state index < -0.39 is 0 Å². The second-order valence-electron chi connectivity index (χ2n) is 4.82. The van der Waals surface area contributed by atoms with Crippen LogP contribution in [0.4, 0.5) is 17.2 Å². The number of hydrogen-bond donors (Lipinski definition) is 1. The van der Waals surface area contributed by atoms with Gasteiger partial charge >= 0.3 is 0 Å². The number of anilines is 3. The summed E-state index contributed by atoms with van der Waals surface area (Å²) < 4.78 is 0. The maximum absolute atomic E-state index is 6.32. The molecule has 4 heteroatoms. The Labute approximate surface area is 129 Å². The number of nitrogen functional groups attached to an aromatic ring is 1. The molecule has 0 spiro atoms. The Balaban J connectivity index is 2.18. The van der Waals surface area contributed by atoms with Gasteiger partial charge < -0.3 is 10.6 Å². The molecule has 0 unspecified atom stereocenters. The van der Waals surface area contributed by atoms with Gasteiger partial charge in [0.25, 0.3) is 0 Å². The fraction of sp³-hybridized carbons (Fsp3) is 0.118. The Morgan fingerprint density at radius 1 is 1.14 bits per heavy atom. The summed E-state index contributed by atoms with van der Waals surface area (Å²) in [5.41, 5.74) is 7.39. The van der Waals surface area contributed by atoms with Crippen LogP contribution in [-0.2, 0) is 0 Å². The minimum atomic E-state index is 0.560. The Kier molecular flexibility index (Phi) is 3.67. The van der Waals surface area contributed by atoms with Gasteiger partial charge in [0.1, 0.15) is 0 Å². The van der Waals surface area contributed by atoms with Crippen LogP contribution in [0.1, 0.15) is 6.92 Å². The first-order valence-corrected chi connectivity index (χ1v) is 7.25. The Morgan fingerprint density at radius 2 is 1.90 bits per heavy atom. The van der Waals surface area contributed by atoms with Crippen molar-refractivity contribution in [2.75, 3.05) is 17.2 Å². The molecule has 1 aromatic heterocycles. The van der Waals surface area contributed by atoms with E-state index in [0.717, 1.165) is 18.1 Å². The van der Waals surface area contributed by atoms with Gasteiger partial charge in [-0.25, -0.2) is 4.98 Å². The van der Waals surface area contributed by atoms with E-state index in [1.807, 2.05) is 18.2 Å². The van der Waals surface area contributed by atoms with E-state index in [-0.39, 0.29) is 0 Å². The molecule has 3 nitrogen and oxygen atoms in total. The topological polar surface area (TPSA) is 42.2 Å². The molecule has 0 saturated carbocycles. The van der Waals surface area contributed by atoms with E-state index in [1.54, 1.807) is 12.3 Å². The van der Waals surface area contributed by atoms with Crippen molar-refractivity contribution in [3.63, 3.8) is 0 Å². The molecular weight excluding hydrogens is 282 g/mol. The van der Waals surface area contributed by atoms with Crippen molar-refractivity contribution >= 4 is 39.6 Å². The standard InChI is InChI=1S/C17H16ClN3/c1-2-21(17-15(18)10-13(19)11-20-17)16-9-5-7-12-6-3-4-8-14(12)16/h3-11H,2,19H2,1H3. The van der Waals surface area contributed by atoms with E-state index in [4.69, 9.17) is 17.3 Å². The van der Waals surface area contributed by atoms with Crippen molar-refractivity contribution in [1.29, 1.82) is 0 Å². The third kappa shape index (κ3) is 2.52. The van der Waals surface area contributed by atoms with Crippen LogP contribution < -0.4 is 10.6 Å². The van der Waals surface area contributed by atoms with E-state index >= 15 is 0 Å². The van der Waals surface area contributed by atoms with Crippen molar-refractivity contribution in [2.24, 2.45) is 0 Å². The summed E-state index contributed by atoms with van der Waals surface area (Å²) in [6.45, 7) is 2.85. The molecule has 1 heterocycles. The smallest absolute Gasteiger partial charge is 0.151 e. The molecule has 0 atom stereocenters. The molecule has 21 heavy (non-hydrogen) atoms. The number of pyridine rings is 1. The van der Waals surface area contributed by atoms with Gasteiger partial charge in [0.2, 0.25) is 0 Å². The van der Waals surface area contributed by atoms with Gasteiger partial charge in [0.05, 0.1) is 22.6 Å². The monoisotopic (exact) mass is 297 g/mol. The molecule has 2 N–H and O–H groups in total. The number of hydrogen-bond acceptors (Lipinski definition) is 3. The van der Waals surface area contributed by atoms with Gasteiger partial charge in [-0.1, -0.05) is 48.0 Å². The summed E-state index contributed by atoms with van der Waals surface area (Å²) in [7, 11) is 0. The van der Waals surface area contributed by atoms with Crippen LogP contribution in [0.25, 0.3) is 10.8 Å². The fourth-order valence-corrected chi connectivity index (χ4v) is 2.80. The quantitative estimate of drug-likeness (QED) is 0.766. The second-order valence-corrected chi connectivity index (χ2v) is 5.22. The van der Waals surface area contributed by atoms with E-state index in [0.29, 0.717) is 10.7 Å². The number of rotatable bonds is 3. The molecule has 0 amide bonds. The van der Waals surface area contributed by atoms with Crippen LogP contribution in [0.2, 0.25) is 5.02 Å². The molecule has 3 rings (SSSR count). The van der Waals surface area contributed by atoms with Crippen LogP contribution in [-0.4, -0.2) is 11.5 Å². The highest BCUT2D eigenvalue weighted by Crippen LogP contribution is 2.34. The molecule has 0 fully saturated rings. The molecule has 0 radical (unpaired) electrons. The molecule has 0 aliphatic heterocycles. The molecule has 0 saturated heterocycles. The fourth-order valence-electron chi connectivity index (χ4n) is 2.52. The Morgan fingerprint density at radius 3 is 2.67 bits per heavy atom. The first-order chi connectivity index (χ1) is 10.2. The van der Waals surface area contributed by atoms with Crippen LogP contribution in [0, 0.1) is 0 Å². The first-order valence-electron chi connectivity index (χ1n) is 6.87. The lowest BCUT2D eigenvalue weighted by Gasteiger charge is -2.24. The van der Waals surface area contributed by atoms with Crippen molar-refractivity contribution in [3.8, 4) is 0 Å². The average Bonchev–Trinajstić information content (AvgIpc) is 2.50. The summed E-state index contributed by atoms with van der Waals surface area (Å²) in [6.07, 6.45) is 1.63. The molecule has 0 aliphatic carbocycles. The normalized spacial score (nSPS) is 10.8. The van der Waals surface area contributed by atoms with Gasteiger partial charge in [-0.3, -0.25) is 0 Å². The highest BCUT2D eigenvalue weighted by atomic mass is 35.5. The number of benzene rings is 2. The predicted octanol–water partition coefficient (Wildman–Crippen LogP) is 4.63. The lowest BCUT2D eigenvalue weighted by atomic mass is 10.1. The van der Waals surface area contributed by atoms with E-state index in [2.05, 4.69) is 41.1 Å². The Hall–Kier alpha value is -2.26. The zero-order valence-electron chi connectivity index (χ0n) is 11.8. The lowest BCUT2D eigenvalue weighted by molar-refractivity contribution is 0.996. The number of aromatic nitrogens is 1. The molecule has 0 aliphatic rings. The van der Waals surface area contributed by atoms with Crippen LogP contribution in [0.3, 0.4) is 0 Å². The zero-order valence-corrected chi connectivity index (χ0v) is 12.5. The summed E-state index contributed by atoms with van der Waals surface area (Å²) in [6, 6.07) is 16.3. The molecule has 106 valence electrons. The highest BCUT2D eigenvalue weighted by molar-refractivity contribution is 6.33. The molecule has 2 aromatic carbocycles. The minimum Gasteiger partial charge on any atom is -0.397 e. The maximum atomic E-state index is 6.32. The number of nitrogens with two attached hydrogens (primary N) is 1. The van der Waals surface area contributed by atoms with Gasteiger partial charge in [-0.05, 0) is 24.4 Å². The molecular formula is C17H16ClN3. The van der Waals surface area contributed by atoms with Crippen LogP contribution >= 0.6 is 11.6 Å². The van der Waals surface area contributed by atoms with Gasteiger partial charge in [-0.2, -0.15) is 0 Å². The van der Waals surface area contributed by atoms with Crippen molar-refractivity contribution in [1.82, 2.24) is 4.98 Å². The molecule has 0 bridgehead atoms. The molecule has 3 aromatic rings. The summed E-state index contributed by atoms with van der Waals surface area (Å²) >= 11 is 6.32. The zero-order chi connectivity index (χ0) is 14.8. The maximum Gasteiger partial charge on any atom is 0.151 e. The van der Waals surface area contributed by atoms with Crippen LogP contribution in [0.5, 0.6) is 0 Å². The number of halogens is 1. The van der Waals surface area contributed by atoms with Crippen molar-refractivity contribution in [3.05, 3.63) is 59.8 Å².